The van der Waals surface area contributed by atoms with Crippen LogP contribution < -0.4 is 5.32 Å². The van der Waals surface area contributed by atoms with Crippen molar-refractivity contribution in [2.75, 3.05) is 5.32 Å². The van der Waals surface area contributed by atoms with Gasteiger partial charge in [-0.15, -0.1) is 10.2 Å². The molecule has 0 aliphatic carbocycles. The molecular weight excluding hydrogens is 257 g/mol. The summed E-state index contributed by atoms with van der Waals surface area (Å²) < 4.78 is 12.7. The Morgan fingerprint density at radius 1 is 1.28 bits per heavy atom. The van der Waals surface area contributed by atoms with Crippen molar-refractivity contribution in [1.82, 2.24) is 10.2 Å². The first-order chi connectivity index (χ1) is 8.69. The van der Waals surface area contributed by atoms with E-state index in [1.54, 1.807) is 12.1 Å². The number of anilines is 1. The molecule has 1 heterocycles. The van der Waals surface area contributed by atoms with Crippen LogP contribution in [-0.4, -0.2) is 16.5 Å². The fourth-order valence-corrected chi connectivity index (χ4v) is 1.55. The van der Waals surface area contributed by atoms with E-state index in [-0.39, 0.29) is 11.0 Å². The van der Waals surface area contributed by atoms with Gasteiger partial charge in [-0.1, -0.05) is 23.7 Å². The molecule has 4 nitrogen and oxygen atoms in total. The van der Waals surface area contributed by atoms with Gasteiger partial charge in [0.2, 0.25) is 0 Å². The summed E-state index contributed by atoms with van der Waals surface area (Å²) in [7, 11) is 0. The number of halogens is 2. The number of rotatable bonds is 4. The van der Waals surface area contributed by atoms with Gasteiger partial charge in [-0.2, -0.15) is 0 Å². The van der Waals surface area contributed by atoms with E-state index in [0.29, 0.717) is 24.2 Å². The van der Waals surface area contributed by atoms with Gasteiger partial charge in [-0.25, -0.2) is 4.39 Å². The minimum Gasteiger partial charge on any atom is -0.364 e. The van der Waals surface area contributed by atoms with Crippen LogP contribution in [0, 0.1) is 5.82 Å². The number of aldehydes is 1. The standard InChI is InChI=1S/C12H9ClFN3O/c13-11-5-9(7-18)12(17-16-11)15-6-8-1-3-10(14)4-2-8/h1-5,7H,6H2,(H,15,17). The molecule has 0 aliphatic rings. The monoisotopic (exact) mass is 265 g/mol. The second-order valence-electron chi connectivity index (χ2n) is 3.57. The largest absolute Gasteiger partial charge is 0.364 e. The van der Waals surface area contributed by atoms with E-state index >= 15 is 0 Å². The lowest BCUT2D eigenvalue weighted by molar-refractivity contribution is 0.112. The van der Waals surface area contributed by atoms with Gasteiger partial charge in [0.15, 0.2) is 17.3 Å². The van der Waals surface area contributed by atoms with Gasteiger partial charge in [0.25, 0.3) is 0 Å². The predicted molar refractivity (Wildman–Crippen MR) is 66.2 cm³/mol. The maximum absolute atomic E-state index is 12.7. The molecule has 0 fully saturated rings. The SMILES string of the molecule is O=Cc1cc(Cl)nnc1NCc1ccc(F)cc1. The number of hydrogen-bond acceptors (Lipinski definition) is 4. The zero-order chi connectivity index (χ0) is 13.0. The third-order valence-corrected chi connectivity index (χ3v) is 2.48. The highest BCUT2D eigenvalue weighted by atomic mass is 35.5. The summed E-state index contributed by atoms with van der Waals surface area (Å²) >= 11 is 5.63. The Morgan fingerprint density at radius 3 is 2.67 bits per heavy atom. The molecule has 2 rings (SSSR count). The highest BCUT2D eigenvalue weighted by Crippen LogP contribution is 2.14. The van der Waals surface area contributed by atoms with Crippen molar-refractivity contribution in [3.05, 3.63) is 52.4 Å². The van der Waals surface area contributed by atoms with Crippen molar-refractivity contribution in [1.29, 1.82) is 0 Å². The normalized spacial score (nSPS) is 10.1. The zero-order valence-corrected chi connectivity index (χ0v) is 9.99. The number of nitrogens with one attached hydrogen (secondary N) is 1. The fraction of sp³-hybridized carbons (Fsp3) is 0.0833. The quantitative estimate of drug-likeness (QED) is 0.864. The predicted octanol–water partition coefficient (Wildman–Crippen LogP) is 2.69. The Kier molecular flexibility index (Phi) is 3.84. The summed E-state index contributed by atoms with van der Waals surface area (Å²) in [4.78, 5) is 10.8. The Bertz CT molecular complexity index is 560. The van der Waals surface area contributed by atoms with Crippen molar-refractivity contribution in [2.24, 2.45) is 0 Å². The van der Waals surface area contributed by atoms with Crippen LogP contribution in [0.3, 0.4) is 0 Å². The summed E-state index contributed by atoms with van der Waals surface area (Å²) in [5.74, 6) is 0.0531. The minimum absolute atomic E-state index is 0.157. The number of nitrogens with zero attached hydrogens (tertiary/aromatic N) is 2. The lowest BCUT2D eigenvalue weighted by atomic mass is 10.2. The zero-order valence-electron chi connectivity index (χ0n) is 9.23. The highest BCUT2D eigenvalue weighted by Gasteiger charge is 2.05. The third kappa shape index (κ3) is 3.01. The summed E-state index contributed by atoms with van der Waals surface area (Å²) in [5.41, 5.74) is 1.20. The molecule has 0 bridgehead atoms. The van der Waals surface area contributed by atoms with Crippen LogP contribution >= 0.6 is 11.6 Å². The first-order valence-corrected chi connectivity index (χ1v) is 5.53. The number of benzene rings is 1. The Morgan fingerprint density at radius 2 is 2.00 bits per heavy atom. The van der Waals surface area contributed by atoms with Gasteiger partial charge >= 0.3 is 0 Å². The van der Waals surface area contributed by atoms with Crippen LogP contribution in [0.4, 0.5) is 10.2 Å². The topological polar surface area (TPSA) is 54.9 Å². The van der Waals surface area contributed by atoms with Crippen molar-refractivity contribution in [3.8, 4) is 0 Å². The first kappa shape index (κ1) is 12.4. The molecule has 0 saturated heterocycles. The van der Waals surface area contributed by atoms with Crippen LogP contribution in [0.15, 0.2) is 30.3 Å². The summed E-state index contributed by atoms with van der Waals surface area (Å²) in [6.07, 6.45) is 0.646. The Balaban J connectivity index is 2.10. The molecule has 1 aromatic heterocycles. The Labute approximate surface area is 108 Å². The van der Waals surface area contributed by atoms with E-state index in [9.17, 15) is 9.18 Å². The minimum atomic E-state index is -0.293. The lowest BCUT2D eigenvalue weighted by Gasteiger charge is -2.07. The van der Waals surface area contributed by atoms with Gasteiger partial charge in [0.05, 0.1) is 5.56 Å². The molecule has 0 radical (unpaired) electrons. The maximum Gasteiger partial charge on any atom is 0.159 e. The van der Waals surface area contributed by atoms with Gasteiger partial charge in [0, 0.05) is 6.54 Å². The fourth-order valence-electron chi connectivity index (χ4n) is 1.40. The van der Waals surface area contributed by atoms with E-state index in [4.69, 9.17) is 11.6 Å². The molecule has 1 aromatic carbocycles. The second-order valence-corrected chi connectivity index (χ2v) is 3.96. The van der Waals surface area contributed by atoms with Gasteiger partial charge in [-0.3, -0.25) is 4.79 Å². The van der Waals surface area contributed by atoms with Gasteiger partial charge in [0.1, 0.15) is 5.82 Å². The molecular formula is C12H9ClFN3O. The van der Waals surface area contributed by atoms with Crippen LogP contribution in [0.25, 0.3) is 0 Å². The van der Waals surface area contributed by atoms with Crippen LogP contribution in [0.1, 0.15) is 15.9 Å². The molecule has 18 heavy (non-hydrogen) atoms. The van der Waals surface area contributed by atoms with Gasteiger partial charge in [-0.05, 0) is 23.8 Å². The number of carbonyl (C=O) groups is 1. The van der Waals surface area contributed by atoms with E-state index in [0.717, 1.165) is 5.56 Å². The van der Waals surface area contributed by atoms with Crippen LogP contribution in [-0.2, 0) is 6.54 Å². The molecule has 0 atom stereocenters. The molecule has 6 heteroatoms. The first-order valence-electron chi connectivity index (χ1n) is 5.16. The van der Waals surface area contributed by atoms with E-state index in [1.807, 2.05) is 0 Å². The number of carbonyl (C=O) groups excluding carboxylic acids is 1. The molecule has 0 spiro atoms. The number of hydrogen-bond donors (Lipinski definition) is 1. The molecule has 1 N–H and O–H groups in total. The van der Waals surface area contributed by atoms with Crippen molar-refractivity contribution in [2.45, 2.75) is 6.54 Å². The maximum atomic E-state index is 12.7. The average molecular weight is 266 g/mol. The van der Waals surface area contributed by atoms with E-state index < -0.39 is 0 Å². The Hall–Kier alpha value is -2.01. The molecule has 0 amide bonds. The van der Waals surface area contributed by atoms with Crippen molar-refractivity contribution in [3.63, 3.8) is 0 Å². The average Bonchev–Trinajstić information content (AvgIpc) is 2.39. The molecule has 2 aromatic rings. The molecule has 0 unspecified atom stereocenters. The van der Waals surface area contributed by atoms with Crippen molar-refractivity contribution < 1.29 is 9.18 Å². The van der Waals surface area contributed by atoms with E-state index in [2.05, 4.69) is 15.5 Å². The molecule has 0 saturated carbocycles. The summed E-state index contributed by atoms with van der Waals surface area (Å²) in [5, 5.41) is 10.5. The van der Waals surface area contributed by atoms with Crippen LogP contribution in [0.5, 0.6) is 0 Å². The smallest absolute Gasteiger partial charge is 0.159 e. The summed E-state index contributed by atoms with van der Waals surface area (Å²) in [6.45, 7) is 0.414. The van der Waals surface area contributed by atoms with Crippen molar-refractivity contribution >= 4 is 23.7 Å². The van der Waals surface area contributed by atoms with Crippen LogP contribution in [0.2, 0.25) is 5.15 Å². The lowest BCUT2D eigenvalue weighted by Crippen LogP contribution is -2.05. The highest BCUT2D eigenvalue weighted by molar-refractivity contribution is 6.29. The molecule has 92 valence electrons. The number of aromatic nitrogens is 2. The second kappa shape index (κ2) is 5.55. The van der Waals surface area contributed by atoms with Gasteiger partial charge < -0.3 is 5.32 Å². The summed E-state index contributed by atoms with van der Waals surface area (Å²) in [6, 6.07) is 7.45. The molecule has 0 aliphatic heterocycles. The third-order valence-electron chi connectivity index (χ3n) is 2.29. The van der Waals surface area contributed by atoms with E-state index in [1.165, 1.54) is 18.2 Å².